The maximum absolute atomic E-state index is 2.82. The first-order valence-electron chi connectivity index (χ1n) is 15.7. The minimum atomic E-state index is -2.19. The van der Waals surface area contributed by atoms with Crippen LogP contribution in [-0.2, 0) is 4.44 Å². The minimum absolute atomic E-state index is 0.258. The number of unbranched alkanes of at least 4 members (excludes halogenated alkanes) is 2. The molecule has 1 aliphatic rings. The summed E-state index contributed by atoms with van der Waals surface area (Å²) in [7, 11) is -1.87. The van der Waals surface area contributed by atoms with Gasteiger partial charge in [0.2, 0.25) is 0 Å². The zero-order valence-corrected chi connectivity index (χ0v) is 32.3. The van der Waals surface area contributed by atoms with Crippen molar-refractivity contribution in [3.8, 4) is 11.1 Å². The number of hydrogen-bond acceptors (Lipinski definition) is 0. The molecule has 3 heteroatoms. The van der Waals surface area contributed by atoms with E-state index in [9.17, 15) is 0 Å². The van der Waals surface area contributed by atoms with Crippen LogP contribution >= 0.6 is 0 Å². The third-order valence-electron chi connectivity index (χ3n) is 9.23. The fraction of sp³-hybridized carbons (Fsp3) is 0.647. The van der Waals surface area contributed by atoms with E-state index in [0.29, 0.717) is 0 Å². The van der Waals surface area contributed by atoms with Gasteiger partial charge in [0.25, 0.3) is 0 Å². The van der Waals surface area contributed by atoms with Gasteiger partial charge in [-0.2, -0.15) is 0 Å². The molecule has 0 fully saturated rings. The summed E-state index contributed by atoms with van der Waals surface area (Å²) in [6.45, 7) is 12.1. The molecule has 1 heterocycles. The Kier molecular flexibility index (Phi) is 12.7. The molecular weight excluding hydrogens is 674 g/mol. The number of rotatable bonds is 16. The van der Waals surface area contributed by atoms with Crippen molar-refractivity contribution in [1.29, 1.82) is 0 Å². The van der Waals surface area contributed by atoms with Crippen LogP contribution in [0, 0.1) is 11.8 Å². The summed E-state index contributed by atoms with van der Waals surface area (Å²) in [6.07, 6.45) is 11.0. The molecule has 2 aromatic carbocycles. The Hall–Kier alpha value is 0.254. The van der Waals surface area contributed by atoms with Gasteiger partial charge in [-0.05, 0) is 0 Å². The second-order valence-corrected chi connectivity index (χ2v) is 36.0. The molecule has 0 spiro atoms. The van der Waals surface area contributed by atoms with Gasteiger partial charge in [0.05, 0.1) is 0 Å². The monoisotopic (exact) mass is 732 g/mol. The van der Waals surface area contributed by atoms with Crippen molar-refractivity contribution < 1.29 is 0 Å². The summed E-state index contributed by atoms with van der Waals surface area (Å²) in [5.74, 6) is 1.76. The quantitative estimate of drug-likeness (QED) is 0.152. The summed E-state index contributed by atoms with van der Waals surface area (Å²) in [5, 5.41) is 3.73. The van der Waals surface area contributed by atoms with Crippen molar-refractivity contribution in [1.82, 2.24) is 0 Å². The van der Waals surface area contributed by atoms with E-state index < -0.39 is 26.5 Å². The van der Waals surface area contributed by atoms with Crippen LogP contribution in [0.25, 0.3) is 11.1 Å². The fourth-order valence-corrected chi connectivity index (χ4v) is 19.3. The number of benzene rings is 2. The van der Waals surface area contributed by atoms with Gasteiger partial charge in [0, 0.05) is 0 Å². The molecule has 0 N–H and O–H groups in total. The Labute approximate surface area is 246 Å². The molecule has 2 atom stereocenters. The SMILES string of the molecule is CCCCC(CC)C[Si]1(CC(CC)CCCC)c2cc([CH2][Sn][CH2]C)ccc2-c2cc[c]([Sn]([CH3])([CH3])[CH3])cc21. The zero-order chi connectivity index (χ0) is 27.1. The van der Waals surface area contributed by atoms with Crippen molar-refractivity contribution in [2.24, 2.45) is 11.8 Å². The average Bonchev–Trinajstić information content (AvgIpc) is 3.15. The van der Waals surface area contributed by atoms with Crippen LogP contribution in [-0.4, -0.2) is 47.6 Å². The van der Waals surface area contributed by atoms with Crippen LogP contribution in [0.5, 0.6) is 0 Å². The van der Waals surface area contributed by atoms with E-state index in [-0.39, 0.29) is 21.1 Å². The Morgan fingerprint density at radius 3 is 1.76 bits per heavy atom. The number of fused-ring (bicyclic) bond motifs is 3. The second kappa shape index (κ2) is 14.8. The molecule has 1 aliphatic heterocycles. The molecule has 204 valence electrons. The van der Waals surface area contributed by atoms with Gasteiger partial charge in [-0.3, -0.25) is 0 Å². The normalized spacial score (nSPS) is 18.5. The molecule has 37 heavy (non-hydrogen) atoms. The Bertz CT molecular complexity index is 972. The average molecular weight is 730 g/mol. The van der Waals surface area contributed by atoms with Crippen molar-refractivity contribution >= 4 is 61.5 Å². The molecule has 0 aliphatic carbocycles. The van der Waals surface area contributed by atoms with E-state index in [4.69, 9.17) is 0 Å². The first kappa shape index (κ1) is 31.8. The van der Waals surface area contributed by atoms with Crippen molar-refractivity contribution in [3.05, 3.63) is 42.0 Å². The van der Waals surface area contributed by atoms with Gasteiger partial charge in [-0.15, -0.1) is 0 Å². The standard InChI is InChI=1S/C29H42Si.C2H5.3CH3.2Sn/c1-6-10-14-24(8-3)21-30(22-25(9-4)15-11-7-2)28-17-13-12-16-26(28)27-19-18-23(5)20-29(27)30;1-2;;;;;/h12,16-20,24-25H,5-11,14-15,21-22H2,1-4H3;1H2,2H3;3*1H3;;. The number of hydrogen-bond donors (Lipinski definition) is 0. The molecule has 0 nitrogen and oxygen atoms in total. The molecule has 0 bridgehead atoms. The van der Waals surface area contributed by atoms with Crippen LogP contribution in [0.15, 0.2) is 36.4 Å². The molecule has 0 amide bonds. The van der Waals surface area contributed by atoms with Crippen molar-refractivity contribution in [3.63, 3.8) is 0 Å². The van der Waals surface area contributed by atoms with E-state index in [0.717, 1.165) is 11.8 Å². The van der Waals surface area contributed by atoms with E-state index in [1.807, 2.05) is 10.4 Å². The molecular formula is C34H56SiSn2. The first-order valence-corrected chi connectivity index (χ1v) is 32.2. The summed E-state index contributed by atoms with van der Waals surface area (Å²) in [5.41, 5.74) is 4.95. The van der Waals surface area contributed by atoms with Gasteiger partial charge < -0.3 is 0 Å². The fourth-order valence-electron chi connectivity index (χ4n) is 6.78. The molecule has 2 unspecified atom stereocenters. The zero-order valence-electron chi connectivity index (χ0n) is 25.6. The topological polar surface area (TPSA) is 0 Å². The van der Waals surface area contributed by atoms with E-state index in [1.165, 1.54) is 72.3 Å². The summed E-state index contributed by atoms with van der Waals surface area (Å²) in [6, 6.07) is 18.8. The van der Waals surface area contributed by atoms with E-state index in [2.05, 4.69) is 85.8 Å². The van der Waals surface area contributed by atoms with E-state index >= 15 is 0 Å². The predicted octanol–water partition coefficient (Wildman–Crippen LogP) is 8.85. The Morgan fingerprint density at radius 2 is 1.27 bits per heavy atom. The molecule has 3 rings (SSSR count). The van der Waals surface area contributed by atoms with Crippen molar-refractivity contribution in [2.45, 2.75) is 122 Å². The third kappa shape index (κ3) is 7.72. The molecule has 0 aromatic heterocycles. The van der Waals surface area contributed by atoms with E-state index in [1.54, 1.807) is 20.3 Å². The van der Waals surface area contributed by atoms with Gasteiger partial charge >= 0.3 is 248 Å². The van der Waals surface area contributed by atoms with Crippen molar-refractivity contribution in [2.75, 3.05) is 0 Å². The summed E-state index contributed by atoms with van der Waals surface area (Å²) >= 11 is -2.44. The van der Waals surface area contributed by atoms with Crippen LogP contribution in [0.2, 0.25) is 31.3 Å². The molecule has 2 radical (unpaired) electrons. The Balaban J connectivity index is 2.25. The van der Waals surface area contributed by atoms with Crippen LogP contribution < -0.4 is 14.0 Å². The van der Waals surface area contributed by atoms with Crippen LogP contribution in [0.1, 0.15) is 91.5 Å². The van der Waals surface area contributed by atoms with Gasteiger partial charge in [-0.1, -0.05) is 0 Å². The van der Waals surface area contributed by atoms with Gasteiger partial charge in [0.1, 0.15) is 0 Å². The first-order chi connectivity index (χ1) is 17.7. The summed E-state index contributed by atoms with van der Waals surface area (Å²) in [4.78, 5) is 7.84. The van der Waals surface area contributed by atoms with Gasteiger partial charge in [0.15, 0.2) is 0 Å². The second-order valence-electron chi connectivity index (χ2n) is 13.0. The molecule has 0 saturated heterocycles. The third-order valence-corrected chi connectivity index (χ3v) is 23.8. The summed E-state index contributed by atoms with van der Waals surface area (Å²) < 4.78 is 4.62. The molecule has 2 aromatic rings. The van der Waals surface area contributed by atoms with Crippen LogP contribution in [0.4, 0.5) is 0 Å². The molecule has 0 saturated carbocycles. The van der Waals surface area contributed by atoms with Crippen LogP contribution in [0.3, 0.4) is 0 Å². The predicted molar refractivity (Wildman–Crippen MR) is 176 cm³/mol. The Morgan fingerprint density at radius 1 is 0.730 bits per heavy atom. The maximum atomic E-state index is 2.82. The van der Waals surface area contributed by atoms with Gasteiger partial charge in [-0.25, -0.2) is 0 Å².